The molecule has 0 unspecified atom stereocenters. The van der Waals surface area contributed by atoms with Gasteiger partial charge in [0.25, 0.3) is 6.29 Å². The number of nitrogens with zero attached hydrogens (tertiary/aromatic N) is 1. The molecule has 2 N–H and O–H groups in total. The van der Waals surface area contributed by atoms with E-state index >= 15 is 0 Å². The van der Waals surface area contributed by atoms with Gasteiger partial charge in [-0.3, -0.25) is 0 Å². The van der Waals surface area contributed by atoms with Crippen molar-refractivity contribution in [3.63, 3.8) is 0 Å². The SMILES string of the molecule is CCO[C@@H]1ON=C(c2ccc(F)cc2F)[C@@H](O)[C@H]1O. The van der Waals surface area contributed by atoms with Gasteiger partial charge in [0.05, 0.1) is 0 Å². The highest BCUT2D eigenvalue weighted by atomic mass is 19.1. The Morgan fingerprint density at radius 2 is 2.11 bits per heavy atom. The van der Waals surface area contributed by atoms with E-state index in [0.29, 0.717) is 6.07 Å². The summed E-state index contributed by atoms with van der Waals surface area (Å²) in [7, 11) is 0. The molecule has 0 amide bonds. The van der Waals surface area contributed by atoms with Gasteiger partial charge in [0.2, 0.25) is 0 Å². The van der Waals surface area contributed by atoms with Gasteiger partial charge in [0, 0.05) is 18.2 Å². The van der Waals surface area contributed by atoms with Crippen LogP contribution in [0.15, 0.2) is 23.4 Å². The van der Waals surface area contributed by atoms with Crippen LogP contribution in [0.4, 0.5) is 8.78 Å². The lowest BCUT2D eigenvalue weighted by atomic mass is 9.99. The second-order valence-electron chi connectivity index (χ2n) is 3.97. The number of ether oxygens (including phenoxy) is 1. The maximum absolute atomic E-state index is 13.6. The topological polar surface area (TPSA) is 71.3 Å². The molecule has 0 fully saturated rings. The maximum Gasteiger partial charge on any atom is 0.256 e. The van der Waals surface area contributed by atoms with Crippen molar-refractivity contribution in [3.8, 4) is 0 Å². The van der Waals surface area contributed by atoms with Crippen LogP contribution >= 0.6 is 0 Å². The van der Waals surface area contributed by atoms with E-state index < -0.39 is 30.1 Å². The van der Waals surface area contributed by atoms with Crippen LogP contribution in [-0.4, -0.2) is 41.0 Å². The summed E-state index contributed by atoms with van der Waals surface area (Å²) in [5.41, 5.74) is -0.344. The highest BCUT2D eigenvalue weighted by molar-refractivity contribution is 6.04. The van der Waals surface area contributed by atoms with Crippen molar-refractivity contribution in [2.24, 2.45) is 5.16 Å². The third-order valence-electron chi connectivity index (χ3n) is 2.68. The molecule has 0 bridgehead atoms. The van der Waals surface area contributed by atoms with Crippen LogP contribution < -0.4 is 0 Å². The number of hydrogen-bond donors (Lipinski definition) is 2. The van der Waals surface area contributed by atoms with Crippen LogP contribution in [0.3, 0.4) is 0 Å². The van der Waals surface area contributed by atoms with Crippen molar-refractivity contribution < 1.29 is 28.6 Å². The maximum atomic E-state index is 13.6. The Kier molecular flexibility index (Phi) is 4.08. The van der Waals surface area contributed by atoms with Gasteiger partial charge in [0.15, 0.2) is 6.10 Å². The van der Waals surface area contributed by atoms with E-state index in [4.69, 9.17) is 9.57 Å². The molecular formula is C12H13F2NO4. The van der Waals surface area contributed by atoms with Crippen molar-refractivity contribution in [1.82, 2.24) is 0 Å². The molecule has 3 atom stereocenters. The zero-order valence-electron chi connectivity index (χ0n) is 10.1. The van der Waals surface area contributed by atoms with Crippen LogP contribution in [0.2, 0.25) is 0 Å². The minimum atomic E-state index is -1.48. The molecule has 0 saturated carbocycles. The van der Waals surface area contributed by atoms with Crippen molar-refractivity contribution in [3.05, 3.63) is 35.4 Å². The van der Waals surface area contributed by atoms with E-state index in [9.17, 15) is 19.0 Å². The van der Waals surface area contributed by atoms with E-state index in [1.165, 1.54) is 0 Å². The number of rotatable bonds is 3. The first-order valence-corrected chi connectivity index (χ1v) is 5.71. The minimum Gasteiger partial charge on any atom is -0.384 e. The van der Waals surface area contributed by atoms with Crippen LogP contribution in [0.25, 0.3) is 0 Å². The number of oxime groups is 1. The monoisotopic (exact) mass is 273 g/mol. The summed E-state index contributed by atoms with van der Waals surface area (Å²) in [6.07, 6.45) is -4.01. The third kappa shape index (κ3) is 2.73. The lowest BCUT2D eigenvalue weighted by molar-refractivity contribution is -0.215. The lowest BCUT2D eigenvalue weighted by Crippen LogP contribution is -2.48. The Balaban J connectivity index is 2.30. The lowest BCUT2D eigenvalue weighted by Gasteiger charge is -2.29. The summed E-state index contributed by atoms with van der Waals surface area (Å²) in [5, 5.41) is 23.2. The zero-order chi connectivity index (χ0) is 14.0. The van der Waals surface area contributed by atoms with Crippen molar-refractivity contribution in [2.45, 2.75) is 25.4 Å². The second-order valence-corrected chi connectivity index (χ2v) is 3.97. The summed E-state index contributed by atoms with van der Waals surface area (Å²) in [6, 6.07) is 2.80. The van der Waals surface area contributed by atoms with Crippen molar-refractivity contribution in [2.75, 3.05) is 6.61 Å². The van der Waals surface area contributed by atoms with Gasteiger partial charge in [-0.2, -0.15) is 0 Å². The van der Waals surface area contributed by atoms with Gasteiger partial charge < -0.3 is 19.8 Å². The normalized spacial score (nSPS) is 26.8. The highest BCUT2D eigenvalue weighted by Gasteiger charge is 2.38. The van der Waals surface area contributed by atoms with Crippen molar-refractivity contribution in [1.29, 1.82) is 0 Å². The first kappa shape index (κ1) is 13.9. The molecule has 1 aliphatic rings. The molecule has 0 saturated heterocycles. The summed E-state index contributed by atoms with van der Waals surface area (Å²) in [4.78, 5) is 4.85. The molecule has 2 rings (SSSR count). The molecule has 5 nitrogen and oxygen atoms in total. The van der Waals surface area contributed by atoms with E-state index in [1.807, 2.05) is 0 Å². The van der Waals surface area contributed by atoms with Gasteiger partial charge in [-0.05, 0) is 19.1 Å². The molecule has 1 aromatic rings. The summed E-state index contributed by atoms with van der Waals surface area (Å²) < 4.78 is 31.4. The number of benzene rings is 1. The first-order valence-electron chi connectivity index (χ1n) is 5.71. The Labute approximate surface area is 108 Å². The van der Waals surface area contributed by atoms with Crippen LogP contribution in [0.1, 0.15) is 12.5 Å². The van der Waals surface area contributed by atoms with Gasteiger partial charge in [-0.25, -0.2) is 8.78 Å². The Morgan fingerprint density at radius 3 is 2.74 bits per heavy atom. The fourth-order valence-corrected chi connectivity index (χ4v) is 1.73. The summed E-state index contributed by atoms with van der Waals surface area (Å²) in [5.74, 6) is -1.65. The molecule has 0 aromatic heterocycles. The summed E-state index contributed by atoms with van der Waals surface area (Å²) >= 11 is 0. The first-order chi connectivity index (χ1) is 9.04. The largest absolute Gasteiger partial charge is 0.384 e. The van der Waals surface area contributed by atoms with Crippen LogP contribution in [-0.2, 0) is 9.57 Å². The number of hydrogen-bond acceptors (Lipinski definition) is 5. The molecule has 1 heterocycles. The molecule has 1 aromatic carbocycles. The number of aliphatic hydroxyl groups excluding tert-OH is 2. The quantitative estimate of drug-likeness (QED) is 0.854. The zero-order valence-corrected chi connectivity index (χ0v) is 10.1. The Morgan fingerprint density at radius 1 is 1.37 bits per heavy atom. The predicted octanol–water partition coefficient (Wildman–Crippen LogP) is 0.783. The predicted molar refractivity (Wildman–Crippen MR) is 61.4 cm³/mol. The fourth-order valence-electron chi connectivity index (χ4n) is 1.73. The standard InChI is InChI=1S/C12H13F2NO4/c1-2-18-12-11(17)10(16)9(15-19-12)7-4-3-6(13)5-8(7)14/h3-5,10-12,16-17H,2H2,1H3/t10-,11-,12-/m1/s1. The third-order valence-corrected chi connectivity index (χ3v) is 2.68. The van der Waals surface area contributed by atoms with Gasteiger partial charge in [-0.1, -0.05) is 5.16 Å². The molecular weight excluding hydrogens is 260 g/mol. The highest BCUT2D eigenvalue weighted by Crippen LogP contribution is 2.21. The van der Waals surface area contributed by atoms with E-state index in [2.05, 4.69) is 5.16 Å². The number of halogens is 2. The Bertz CT molecular complexity index is 495. The molecule has 7 heteroatoms. The van der Waals surface area contributed by atoms with Crippen molar-refractivity contribution >= 4 is 5.71 Å². The van der Waals surface area contributed by atoms with Gasteiger partial charge in [-0.15, -0.1) is 0 Å². The Hall–Kier alpha value is -1.57. The molecule has 0 spiro atoms. The molecule has 19 heavy (non-hydrogen) atoms. The minimum absolute atomic E-state index is 0.136. The number of aliphatic hydroxyl groups is 2. The summed E-state index contributed by atoms with van der Waals surface area (Å²) in [6.45, 7) is 1.94. The van der Waals surface area contributed by atoms with Gasteiger partial charge >= 0.3 is 0 Å². The van der Waals surface area contributed by atoms with Crippen LogP contribution in [0.5, 0.6) is 0 Å². The van der Waals surface area contributed by atoms with E-state index in [1.54, 1.807) is 6.92 Å². The second kappa shape index (κ2) is 5.60. The molecule has 1 aliphatic heterocycles. The fraction of sp³-hybridized carbons (Fsp3) is 0.417. The molecule has 104 valence electrons. The van der Waals surface area contributed by atoms with E-state index in [0.717, 1.165) is 12.1 Å². The van der Waals surface area contributed by atoms with Crippen LogP contribution in [0, 0.1) is 11.6 Å². The average molecular weight is 273 g/mol. The molecule has 0 radical (unpaired) electrons. The molecule has 0 aliphatic carbocycles. The van der Waals surface area contributed by atoms with E-state index in [-0.39, 0.29) is 17.9 Å². The average Bonchev–Trinajstić information content (AvgIpc) is 2.37. The van der Waals surface area contributed by atoms with Gasteiger partial charge in [0.1, 0.15) is 23.5 Å². The smallest absolute Gasteiger partial charge is 0.256 e.